The van der Waals surface area contributed by atoms with E-state index in [2.05, 4.69) is 5.32 Å². The monoisotopic (exact) mass is 402 g/mol. The van der Waals surface area contributed by atoms with Crippen molar-refractivity contribution >= 4 is 38.2 Å². The maximum absolute atomic E-state index is 12.6. The van der Waals surface area contributed by atoms with E-state index < -0.39 is 37.3 Å². The van der Waals surface area contributed by atoms with Crippen molar-refractivity contribution in [2.24, 2.45) is 0 Å². The third kappa shape index (κ3) is 3.50. The van der Waals surface area contributed by atoms with Gasteiger partial charge in [-0.3, -0.25) is 19.5 Å². The van der Waals surface area contributed by atoms with Crippen molar-refractivity contribution in [3.8, 4) is 5.75 Å². The number of phenols is 1. The van der Waals surface area contributed by atoms with E-state index in [1.165, 1.54) is 42.5 Å². The van der Waals surface area contributed by atoms with Crippen molar-refractivity contribution in [3.63, 3.8) is 0 Å². The minimum atomic E-state index is -4.63. The number of fused-ring (bicyclic) bond motifs is 1. The predicted octanol–water partition coefficient (Wildman–Crippen LogP) is 3.26. The summed E-state index contributed by atoms with van der Waals surface area (Å²) in [7, 11) is -4.63. The molecule has 0 saturated heterocycles. The number of aromatic hydroxyl groups is 1. The minimum Gasteiger partial charge on any atom is -0.505 e. The van der Waals surface area contributed by atoms with Crippen LogP contribution < -0.4 is 5.32 Å². The number of amides is 1. The normalized spacial score (nSPS) is 11.4. The predicted molar refractivity (Wildman–Crippen MR) is 101 cm³/mol. The molecule has 0 aliphatic rings. The number of aryl methyl sites for hydroxylation is 1. The number of nitrogens with one attached hydrogen (secondary N) is 1. The molecule has 0 heterocycles. The highest BCUT2D eigenvalue weighted by Crippen LogP contribution is 2.37. The molecule has 0 aliphatic heterocycles. The zero-order valence-electron chi connectivity index (χ0n) is 14.4. The van der Waals surface area contributed by atoms with E-state index in [1.807, 2.05) is 0 Å². The second-order valence-electron chi connectivity index (χ2n) is 6.02. The van der Waals surface area contributed by atoms with Gasteiger partial charge in [-0.2, -0.15) is 8.42 Å². The SMILES string of the molecule is Cc1ccc([N+](=O)[O-])c(C(=O)Nc2ccc3cccc(S(=O)(=O)O)c3c2O)c1. The minimum absolute atomic E-state index is 0.163. The molecule has 0 aliphatic carbocycles. The standard InChI is InChI=1S/C18H14N2O7S/c1-10-5-8-14(20(23)24)12(9-10)18(22)19-13-7-6-11-3-2-4-15(28(25,26)27)16(11)17(13)21/h2-9,21H,1H3,(H,19,22)(H,25,26,27). The lowest BCUT2D eigenvalue weighted by Gasteiger charge is -2.12. The molecule has 0 radical (unpaired) electrons. The summed E-state index contributed by atoms with van der Waals surface area (Å²) in [6, 6.07) is 10.8. The molecule has 3 aromatic carbocycles. The Bertz CT molecular complexity index is 1240. The molecule has 1 amide bonds. The van der Waals surface area contributed by atoms with E-state index in [-0.39, 0.29) is 16.6 Å². The van der Waals surface area contributed by atoms with Crippen molar-refractivity contribution in [3.05, 3.63) is 69.8 Å². The van der Waals surface area contributed by atoms with Crippen LogP contribution in [0, 0.1) is 17.0 Å². The number of hydrogen-bond donors (Lipinski definition) is 3. The van der Waals surface area contributed by atoms with Crippen molar-refractivity contribution in [1.29, 1.82) is 0 Å². The summed E-state index contributed by atoms with van der Waals surface area (Å²) >= 11 is 0. The molecule has 28 heavy (non-hydrogen) atoms. The number of hydrogen-bond acceptors (Lipinski definition) is 6. The van der Waals surface area contributed by atoms with Gasteiger partial charge in [-0.15, -0.1) is 0 Å². The van der Waals surface area contributed by atoms with Gasteiger partial charge in [0, 0.05) is 11.5 Å². The first kappa shape index (κ1) is 19.3. The van der Waals surface area contributed by atoms with Gasteiger partial charge < -0.3 is 10.4 Å². The summed E-state index contributed by atoms with van der Waals surface area (Å²) in [6.45, 7) is 1.66. The topological polar surface area (TPSA) is 147 Å². The Balaban J connectivity index is 2.12. The second-order valence-corrected chi connectivity index (χ2v) is 7.41. The average molecular weight is 402 g/mol. The van der Waals surface area contributed by atoms with Gasteiger partial charge in [0.2, 0.25) is 0 Å². The molecule has 0 unspecified atom stereocenters. The Morgan fingerprint density at radius 2 is 1.86 bits per heavy atom. The fourth-order valence-electron chi connectivity index (χ4n) is 2.82. The van der Waals surface area contributed by atoms with Crippen LogP contribution in [0.4, 0.5) is 11.4 Å². The van der Waals surface area contributed by atoms with Gasteiger partial charge in [-0.25, -0.2) is 0 Å². The lowest BCUT2D eigenvalue weighted by Crippen LogP contribution is -2.14. The zero-order chi connectivity index (χ0) is 20.6. The van der Waals surface area contributed by atoms with Crippen LogP contribution in [0.3, 0.4) is 0 Å². The van der Waals surface area contributed by atoms with Crippen LogP contribution in [0.15, 0.2) is 53.4 Å². The van der Waals surface area contributed by atoms with E-state index in [9.17, 15) is 33.0 Å². The van der Waals surface area contributed by atoms with Gasteiger partial charge in [-0.05, 0) is 36.1 Å². The number of benzene rings is 3. The Morgan fingerprint density at radius 1 is 1.14 bits per heavy atom. The fourth-order valence-corrected chi connectivity index (χ4v) is 3.55. The Kier molecular flexibility index (Phi) is 4.75. The maximum atomic E-state index is 12.6. The van der Waals surface area contributed by atoms with Crippen LogP contribution in [0.5, 0.6) is 5.75 Å². The molecular formula is C18H14N2O7S. The lowest BCUT2D eigenvalue weighted by molar-refractivity contribution is -0.385. The number of phenolic OH excluding ortho intramolecular Hbond substituents is 1. The smallest absolute Gasteiger partial charge is 0.295 e. The Hall–Kier alpha value is -3.50. The molecule has 9 nitrogen and oxygen atoms in total. The molecule has 0 atom stereocenters. The van der Waals surface area contributed by atoms with Crippen LogP contribution in [0.1, 0.15) is 15.9 Å². The molecule has 10 heteroatoms. The number of carbonyl (C=O) groups excluding carboxylic acids is 1. The van der Waals surface area contributed by atoms with Gasteiger partial charge in [0.1, 0.15) is 16.2 Å². The highest BCUT2D eigenvalue weighted by atomic mass is 32.2. The highest BCUT2D eigenvalue weighted by Gasteiger charge is 2.23. The first-order chi connectivity index (χ1) is 13.1. The van der Waals surface area contributed by atoms with Crippen molar-refractivity contribution in [2.45, 2.75) is 11.8 Å². The van der Waals surface area contributed by atoms with Crippen LogP contribution in [-0.2, 0) is 10.1 Å². The van der Waals surface area contributed by atoms with Gasteiger partial charge in [0.25, 0.3) is 21.7 Å². The number of nitrogens with zero attached hydrogens (tertiary/aromatic N) is 1. The quantitative estimate of drug-likeness (QED) is 0.263. The molecule has 0 aromatic heterocycles. The van der Waals surface area contributed by atoms with Crippen LogP contribution in [0.25, 0.3) is 10.8 Å². The van der Waals surface area contributed by atoms with Gasteiger partial charge in [0.05, 0.1) is 10.6 Å². The largest absolute Gasteiger partial charge is 0.505 e. The molecule has 144 valence electrons. The van der Waals surface area contributed by atoms with Crippen LogP contribution in [-0.4, -0.2) is 28.9 Å². The van der Waals surface area contributed by atoms with Crippen molar-refractivity contribution < 1.29 is 27.8 Å². The Labute approximate surface area is 159 Å². The third-order valence-electron chi connectivity index (χ3n) is 4.10. The number of nitro benzene ring substituents is 1. The lowest BCUT2D eigenvalue weighted by atomic mass is 10.1. The van der Waals surface area contributed by atoms with Gasteiger partial charge >= 0.3 is 0 Å². The van der Waals surface area contributed by atoms with Crippen LogP contribution >= 0.6 is 0 Å². The zero-order valence-corrected chi connectivity index (χ0v) is 15.2. The summed E-state index contributed by atoms with van der Waals surface area (Å²) in [4.78, 5) is 22.5. The van der Waals surface area contributed by atoms with E-state index in [1.54, 1.807) is 6.92 Å². The number of nitro groups is 1. The fraction of sp³-hybridized carbons (Fsp3) is 0.0556. The average Bonchev–Trinajstić information content (AvgIpc) is 2.62. The maximum Gasteiger partial charge on any atom is 0.295 e. The molecule has 0 spiro atoms. The van der Waals surface area contributed by atoms with E-state index in [4.69, 9.17) is 0 Å². The van der Waals surface area contributed by atoms with E-state index in [0.29, 0.717) is 10.9 Å². The molecule has 0 fully saturated rings. The first-order valence-corrected chi connectivity index (χ1v) is 9.32. The first-order valence-electron chi connectivity index (χ1n) is 7.88. The second kappa shape index (κ2) is 6.91. The van der Waals surface area contributed by atoms with Gasteiger partial charge in [-0.1, -0.05) is 24.3 Å². The van der Waals surface area contributed by atoms with Gasteiger partial charge in [0.15, 0.2) is 0 Å². The third-order valence-corrected chi connectivity index (χ3v) is 5.00. The molecule has 3 rings (SSSR count). The molecule has 0 saturated carbocycles. The number of carbonyl (C=O) groups is 1. The number of rotatable bonds is 4. The van der Waals surface area contributed by atoms with E-state index >= 15 is 0 Å². The molecular weight excluding hydrogens is 388 g/mol. The summed E-state index contributed by atoms with van der Waals surface area (Å²) in [5.41, 5.74) is -0.175. The summed E-state index contributed by atoms with van der Waals surface area (Å²) in [5.74, 6) is -1.44. The van der Waals surface area contributed by atoms with E-state index in [0.717, 1.165) is 6.07 Å². The number of anilines is 1. The summed E-state index contributed by atoms with van der Waals surface area (Å²) < 4.78 is 32.6. The summed E-state index contributed by atoms with van der Waals surface area (Å²) in [6.07, 6.45) is 0. The Morgan fingerprint density at radius 3 is 2.50 bits per heavy atom. The van der Waals surface area contributed by atoms with Crippen LogP contribution in [0.2, 0.25) is 0 Å². The molecule has 0 bridgehead atoms. The van der Waals surface area contributed by atoms with Crippen molar-refractivity contribution in [2.75, 3.05) is 5.32 Å². The summed E-state index contributed by atoms with van der Waals surface area (Å²) in [5, 5.41) is 24.1. The van der Waals surface area contributed by atoms with Crippen molar-refractivity contribution in [1.82, 2.24) is 0 Å². The highest BCUT2D eigenvalue weighted by molar-refractivity contribution is 7.86. The molecule has 3 aromatic rings. The molecule has 3 N–H and O–H groups in total.